The summed E-state index contributed by atoms with van der Waals surface area (Å²) < 4.78 is 10.7. The van der Waals surface area contributed by atoms with Gasteiger partial charge < -0.3 is 19.8 Å². The van der Waals surface area contributed by atoms with E-state index >= 15 is 0 Å². The first-order chi connectivity index (χ1) is 9.15. The van der Waals surface area contributed by atoms with Crippen LogP contribution in [0.1, 0.15) is 18.9 Å². The third-order valence-corrected chi connectivity index (χ3v) is 2.89. The number of hydrogen-bond donors (Lipinski definition) is 2. The molecule has 19 heavy (non-hydrogen) atoms. The van der Waals surface area contributed by atoms with Crippen LogP contribution in [-0.2, 0) is 0 Å². The van der Waals surface area contributed by atoms with Crippen LogP contribution in [0.5, 0.6) is 0 Å². The molecule has 2 atom stereocenters. The van der Waals surface area contributed by atoms with E-state index in [1.807, 2.05) is 30.3 Å². The number of benzene rings is 1. The highest BCUT2D eigenvalue weighted by Gasteiger charge is 2.21. The Hall–Kier alpha value is -2.18. The first-order valence-corrected chi connectivity index (χ1v) is 5.91. The van der Waals surface area contributed by atoms with E-state index < -0.39 is 12.1 Å². The summed E-state index contributed by atoms with van der Waals surface area (Å²) >= 11 is 0. The Balaban J connectivity index is 1.98. The molecule has 0 aliphatic heterocycles. The normalized spacial score (nSPS) is 14.7. The Labute approximate surface area is 108 Å². The van der Waals surface area contributed by atoms with E-state index in [1.54, 1.807) is 6.92 Å². The zero-order chi connectivity index (χ0) is 13.4. The van der Waals surface area contributed by atoms with E-state index in [4.69, 9.17) is 14.7 Å². The summed E-state index contributed by atoms with van der Waals surface area (Å²) in [6.45, 7) is 1.57. The van der Waals surface area contributed by atoms with E-state index in [2.05, 4.69) is 10.1 Å². The molecule has 0 radical (unpaired) electrons. The van der Waals surface area contributed by atoms with Crippen LogP contribution in [-0.4, -0.2) is 21.4 Å². The SMILES string of the molecule is C[C@@H](O)[C@H](N)c1nc(-c2cc3ccccc3o2)no1. The molecular weight excluding hydrogens is 246 g/mol. The number of furan rings is 1. The standard InChI is InChI=1S/C13H13N3O3/c1-7(17)11(14)13-15-12(16-19-13)10-6-8-4-2-3-5-9(8)18-10/h2-7,11,17H,14H2,1H3/t7-,11+/m1/s1. The van der Waals surface area contributed by atoms with Crippen molar-refractivity contribution in [2.24, 2.45) is 5.73 Å². The van der Waals surface area contributed by atoms with Gasteiger partial charge in [0, 0.05) is 5.39 Å². The van der Waals surface area contributed by atoms with Crippen molar-refractivity contribution in [2.45, 2.75) is 19.1 Å². The van der Waals surface area contributed by atoms with Gasteiger partial charge in [-0.2, -0.15) is 4.98 Å². The lowest BCUT2D eigenvalue weighted by Gasteiger charge is -2.08. The molecule has 98 valence electrons. The summed E-state index contributed by atoms with van der Waals surface area (Å²) in [6.07, 6.45) is -0.760. The molecule has 3 N–H and O–H groups in total. The highest BCUT2D eigenvalue weighted by atomic mass is 16.5. The van der Waals surface area contributed by atoms with Crippen LogP contribution < -0.4 is 5.73 Å². The average molecular weight is 259 g/mol. The predicted molar refractivity (Wildman–Crippen MR) is 68.1 cm³/mol. The fourth-order valence-corrected chi connectivity index (χ4v) is 1.77. The molecule has 0 unspecified atom stereocenters. The first-order valence-electron chi connectivity index (χ1n) is 5.91. The molecule has 0 aliphatic rings. The third-order valence-electron chi connectivity index (χ3n) is 2.89. The topological polar surface area (TPSA) is 98.3 Å². The largest absolute Gasteiger partial charge is 0.453 e. The molecule has 0 spiro atoms. The molecule has 0 saturated carbocycles. The maximum absolute atomic E-state index is 9.39. The number of para-hydroxylation sites is 1. The fourth-order valence-electron chi connectivity index (χ4n) is 1.77. The van der Waals surface area contributed by atoms with Gasteiger partial charge in [0.1, 0.15) is 11.6 Å². The zero-order valence-corrected chi connectivity index (χ0v) is 10.3. The number of hydrogen-bond acceptors (Lipinski definition) is 6. The van der Waals surface area contributed by atoms with Crippen LogP contribution in [0, 0.1) is 0 Å². The maximum Gasteiger partial charge on any atom is 0.246 e. The van der Waals surface area contributed by atoms with Gasteiger partial charge in [0.25, 0.3) is 0 Å². The van der Waals surface area contributed by atoms with Gasteiger partial charge in [-0.15, -0.1) is 0 Å². The van der Waals surface area contributed by atoms with Gasteiger partial charge >= 0.3 is 0 Å². The van der Waals surface area contributed by atoms with Crippen molar-refractivity contribution in [2.75, 3.05) is 0 Å². The van der Waals surface area contributed by atoms with Gasteiger partial charge in [0.15, 0.2) is 5.76 Å². The Morgan fingerprint density at radius 3 is 2.84 bits per heavy atom. The Kier molecular flexibility index (Phi) is 2.81. The third kappa shape index (κ3) is 2.11. The van der Waals surface area contributed by atoms with Crippen LogP contribution >= 0.6 is 0 Å². The van der Waals surface area contributed by atoms with Crippen molar-refractivity contribution in [3.63, 3.8) is 0 Å². The molecule has 6 nitrogen and oxygen atoms in total. The second-order valence-corrected chi connectivity index (χ2v) is 4.37. The van der Waals surface area contributed by atoms with Crippen molar-refractivity contribution >= 4 is 11.0 Å². The second-order valence-electron chi connectivity index (χ2n) is 4.37. The van der Waals surface area contributed by atoms with Crippen LogP contribution in [0.2, 0.25) is 0 Å². The molecule has 0 fully saturated rings. The number of aliphatic hydroxyl groups excluding tert-OH is 1. The molecule has 2 aromatic heterocycles. The number of rotatable bonds is 3. The highest BCUT2D eigenvalue weighted by Crippen LogP contribution is 2.26. The van der Waals surface area contributed by atoms with E-state index in [0.29, 0.717) is 11.6 Å². The maximum atomic E-state index is 9.39. The molecule has 0 bridgehead atoms. The molecule has 3 rings (SSSR count). The van der Waals surface area contributed by atoms with Gasteiger partial charge in [0.05, 0.1) is 6.10 Å². The Morgan fingerprint density at radius 1 is 1.32 bits per heavy atom. The van der Waals surface area contributed by atoms with Gasteiger partial charge in [0.2, 0.25) is 11.7 Å². The zero-order valence-electron chi connectivity index (χ0n) is 10.3. The summed E-state index contributed by atoms with van der Waals surface area (Å²) in [6, 6.07) is 8.74. The van der Waals surface area contributed by atoms with Gasteiger partial charge in [-0.1, -0.05) is 23.4 Å². The Morgan fingerprint density at radius 2 is 2.11 bits per heavy atom. The minimum Gasteiger partial charge on any atom is -0.453 e. The average Bonchev–Trinajstić information content (AvgIpc) is 3.03. The van der Waals surface area contributed by atoms with Crippen LogP contribution in [0.15, 0.2) is 39.3 Å². The minimum atomic E-state index is -0.760. The number of nitrogens with two attached hydrogens (primary N) is 1. The van der Waals surface area contributed by atoms with Crippen LogP contribution in [0.4, 0.5) is 0 Å². The molecule has 6 heteroatoms. The van der Waals surface area contributed by atoms with Gasteiger partial charge in [-0.3, -0.25) is 0 Å². The molecule has 3 aromatic rings. The fraction of sp³-hybridized carbons (Fsp3) is 0.231. The van der Waals surface area contributed by atoms with Crippen LogP contribution in [0.25, 0.3) is 22.6 Å². The van der Waals surface area contributed by atoms with Crippen molar-refractivity contribution in [1.82, 2.24) is 10.1 Å². The smallest absolute Gasteiger partial charge is 0.246 e. The lowest BCUT2D eigenvalue weighted by Crippen LogP contribution is -2.23. The van der Waals surface area contributed by atoms with E-state index in [0.717, 1.165) is 11.0 Å². The predicted octanol–water partition coefficient (Wildman–Crippen LogP) is 1.86. The molecule has 0 amide bonds. The van der Waals surface area contributed by atoms with Crippen molar-refractivity contribution in [1.29, 1.82) is 0 Å². The summed E-state index contributed by atoms with van der Waals surface area (Å²) in [4.78, 5) is 4.14. The number of aromatic nitrogens is 2. The van der Waals surface area contributed by atoms with Crippen molar-refractivity contribution in [3.8, 4) is 11.6 Å². The molecular formula is C13H13N3O3. The quantitative estimate of drug-likeness (QED) is 0.745. The number of aliphatic hydroxyl groups is 1. The lowest BCUT2D eigenvalue weighted by molar-refractivity contribution is 0.146. The molecule has 0 saturated heterocycles. The minimum absolute atomic E-state index is 0.186. The van der Waals surface area contributed by atoms with Crippen LogP contribution in [0.3, 0.4) is 0 Å². The van der Waals surface area contributed by atoms with Crippen molar-refractivity contribution < 1.29 is 14.0 Å². The molecule has 1 aromatic carbocycles. The summed E-state index contributed by atoms with van der Waals surface area (Å²) in [5, 5.41) is 14.2. The lowest BCUT2D eigenvalue weighted by atomic mass is 10.2. The second kappa shape index (κ2) is 4.49. The number of fused-ring (bicyclic) bond motifs is 1. The van der Waals surface area contributed by atoms with E-state index in [9.17, 15) is 5.11 Å². The molecule has 0 aliphatic carbocycles. The molecule has 2 heterocycles. The van der Waals surface area contributed by atoms with E-state index in [-0.39, 0.29) is 5.89 Å². The summed E-state index contributed by atoms with van der Waals surface area (Å²) in [5.41, 5.74) is 6.48. The summed E-state index contributed by atoms with van der Waals surface area (Å²) in [5.74, 6) is 1.02. The highest BCUT2D eigenvalue weighted by molar-refractivity contribution is 5.81. The van der Waals surface area contributed by atoms with Gasteiger partial charge in [-0.25, -0.2) is 0 Å². The van der Waals surface area contributed by atoms with Crippen molar-refractivity contribution in [3.05, 3.63) is 36.2 Å². The summed E-state index contributed by atoms with van der Waals surface area (Å²) in [7, 11) is 0. The number of nitrogens with zero attached hydrogens (tertiary/aromatic N) is 2. The first kappa shape index (κ1) is 11.9. The Bertz CT molecular complexity index is 669. The monoisotopic (exact) mass is 259 g/mol. The van der Waals surface area contributed by atoms with E-state index in [1.165, 1.54) is 0 Å². The van der Waals surface area contributed by atoms with Gasteiger partial charge in [-0.05, 0) is 19.1 Å².